The molecule has 1 fully saturated rings. The van der Waals surface area contributed by atoms with Crippen molar-refractivity contribution in [1.29, 1.82) is 0 Å². The number of hydrogen-bond acceptors (Lipinski definition) is 11. The van der Waals surface area contributed by atoms with Crippen LogP contribution < -0.4 is 10.1 Å². The first kappa shape index (κ1) is 30.5. The van der Waals surface area contributed by atoms with E-state index in [0.717, 1.165) is 19.3 Å². The van der Waals surface area contributed by atoms with Crippen molar-refractivity contribution in [2.45, 2.75) is 82.1 Å². The van der Waals surface area contributed by atoms with E-state index in [1.165, 1.54) is 24.3 Å². The zero-order valence-corrected chi connectivity index (χ0v) is 20.6. The van der Waals surface area contributed by atoms with Gasteiger partial charge in [0.05, 0.1) is 11.5 Å². The normalized spacial score (nSPS) is 23.4. The summed E-state index contributed by atoms with van der Waals surface area (Å²) in [6.07, 6.45) is -1.89. The van der Waals surface area contributed by atoms with Crippen LogP contribution in [0.5, 0.6) is 5.75 Å². The minimum absolute atomic E-state index is 0.0911. The number of nitrogens with one attached hydrogen (secondary N) is 1. The Bertz CT molecular complexity index is 850. The third-order valence-corrected chi connectivity index (χ3v) is 5.84. The third-order valence-electron chi connectivity index (χ3n) is 5.84. The van der Waals surface area contributed by atoms with Gasteiger partial charge in [0, 0.05) is 38.1 Å². The van der Waals surface area contributed by atoms with Crippen molar-refractivity contribution in [3.63, 3.8) is 0 Å². The molecule has 1 saturated heterocycles. The van der Waals surface area contributed by atoms with E-state index in [2.05, 4.69) is 5.32 Å². The number of nitrogens with zero attached hydrogens (tertiary/aromatic N) is 1. The van der Waals surface area contributed by atoms with E-state index >= 15 is 0 Å². The van der Waals surface area contributed by atoms with Crippen LogP contribution in [0.1, 0.15) is 51.4 Å². The second-order valence-electron chi connectivity index (χ2n) is 8.76. The highest BCUT2D eigenvalue weighted by Gasteiger charge is 2.43. The Hall–Kier alpha value is -2.68. The monoisotopic (exact) mass is 528 g/mol. The minimum atomic E-state index is -1.46. The Morgan fingerprint density at radius 1 is 0.946 bits per heavy atom. The highest BCUT2D eigenvalue weighted by molar-refractivity contribution is 5.76. The number of unbranched alkanes of at least 4 members (excludes halogenated alkanes) is 4. The standard InChI is InChI=1S/C24H36N2O11/c27-15-18-21(30)22(31)23(32)24(37-18)35-14-6-2-1-5-13-25-19(28)7-3-4-8-20(29)36-17-11-9-16(10-12-17)26(33)34/h9-12,18,21-24,27,30-32H,1-8,13-15H2,(H,25,28)/t18-,21+,22+,23-,24-/m1/s1. The summed E-state index contributed by atoms with van der Waals surface area (Å²) in [4.78, 5) is 33.8. The highest BCUT2D eigenvalue weighted by Crippen LogP contribution is 2.22. The van der Waals surface area contributed by atoms with Gasteiger partial charge in [0.25, 0.3) is 5.69 Å². The van der Waals surface area contributed by atoms with Crippen LogP contribution in [0.25, 0.3) is 0 Å². The number of hydrogen-bond donors (Lipinski definition) is 5. The Balaban J connectivity index is 1.45. The van der Waals surface area contributed by atoms with Gasteiger partial charge in [0.2, 0.25) is 5.91 Å². The summed E-state index contributed by atoms with van der Waals surface area (Å²) in [5.74, 6) is -0.340. The molecule has 0 aromatic heterocycles. The first-order valence-corrected chi connectivity index (χ1v) is 12.4. The smallest absolute Gasteiger partial charge is 0.311 e. The molecule has 0 radical (unpaired) electrons. The van der Waals surface area contributed by atoms with Gasteiger partial charge in [-0.25, -0.2) is 0 Å². The molecular formula is C24H36N2O11. The van der Waals surface area contributed by atoms with Crippen LogP contribution in [-0.4, -0.2) is 87.7 Å². The molecule has 13 nitrogen and oxygen atoms in total. The molecule has 0 unspecified atom stereocenters. The van der Waals surface area contributed by atoms with Crippen molar-refractivity contribution in [3.05, 3.63) is 34.4 Å². The van der Waals surface area contributed by atoms with Crippen molar-refractivity contribution >= 4 is 17.6 Å². The molecule has 5 N–H and O–H groups in total. The van der Waals surface area contributed by atoms with Crippen LogP contribution in [0.2, 0.25) is 0 Å². The highest BCUT2D eigenvalue weighted by atomic mass is 16.7. The van der Waals surface area contributed by atoms with Gasteiger partial charge in [-0.15, -0.1) is 0 Å². The van der Waals surface area contributed by atoms with Gasteiger partial charge >= 0.3 is 5.97 Å². The molecule has 5 atom stereocenters. The fourth-order valence-electron chi connectivity index (χ4n) is 3.67. The molecule has 13 heteroatoms. The van der Waals surface area contributed by atoms with Crippen LogP contribution in [0.15, 0.2) is 24.3 Å². The first-order valence-electron chi connectivity index (χ1n) is 12.4. The number of nitro benzene ring substituents is 1. The van der Waals surface area contributed by atoms with Gasteiger partial charge in [0.1, 0.15) is 30.2 Å². The molecule has 2 rings (SSSR count). The third kappa shape index (κ3) is 10.7. The number of ether oxygens (including phenoxy) is 3. The van der Waals surface area contributed by atoms with Gasteiger partial charge in [-0.05, 0) is 37.8 Å². The molecular weight excluding hydrogens is 492 g/mol. The molecule has 0 spiro atoms. The summed E-state index contributed by atoms with van der Waals surface area (Å²) in [7, 11) is 0. The number of aliphatic hydroxyl groups is 4. The van der Waals surface area contributed by atoms with Crippen molar-refractivity contribution in [1.82, 2.24) is 5.32 Å². The number of aliphatic hydroxyl groups excluding tert-OH is 4. The molecule has 0 saturated carbocycles. The number of benzene rings is 1. The van der Waals surface area contributed by atoms with Crippen molar-refractivity contribution < 1.29 is 49.1 Å². The van der Waals surface area contributed by atoms with Crippen LogP contribution >= 0.6 is 0 Å². The molecule has 37 heavy (non-hydrogen) atoms. The van der Waals surface area contributed by atoms with E-state index < -0.39 is 48.2 Å². The van der Waals surface area contributed by atoms with E-state index in [-0.39, 0.29) is 36.8 Å². The fraction of sp³-hybridized carbons (Fsp3) is 0.667. The second-order valence-corrected chi connectivity index (χ2v) is 8.76. The van der Waals surface area contributed by atoms with Crippen molar-refractivity contribution in [2.24, 2.45) is 0 Å². The predicted octanol–water partition coefficient (Wildman–Crippen LogP) is 0.554. The number of carbonyl (C=O) groups is 2. The molecule has 208 valence electrons. The lowest BCUT2D eigenvalue weighted by atomic mass is 9.99. The maximum Gasteiger partial charge on any atom is 0.311 e. The molecule has 1 aromatic rings. The van der Waals surface area contributed by atoms with Gasteiger partial charge in [0.15, 0.2) is 6.29 Å². The zero-order chi connectivity index (χ0) is 27.2. The summed E-state index contributed by atoms with van der Waals surface area (Å²) in [6, 6.07) is 5.23. The van der Waals surface area contributed by atoms with Crippen molar-refractivity contribution in [2.75, 3.05) is 19.8 Å². The summed E-state index contributed by atoms with van der Waals surface area (Å²) in [5.41, 5.74) is -0.0911. The average molecular weight is 529 g/mol. The van der Waals surface area contributed by atoms with Crippen LogP contribution in [0, 0.1) is 10.1 Å². The van der Waals surface area contributed by atoms with E-state index in [0.29, 0.717) is 25.8 Å². The van der Waals surface area contributed by atoms with Crippen molar-refractivity contribution in [3.8, 4) is 5.75 Å². The lowest BCUT2D eigenvalue weighted by molar-refractivity contribution is -0.384. The number of esters is 1. The second kappa shape index (κ2) is 16.2. The number of rotatable bonds is 16. The lowest BCUT2D eigenvalue weighted by Crippen LogP contribution is -2.59. The Morgan fingerprint density at radius 2 is 1.62 bits per heavy atom. The quantitative estimate of drug-likeness (QED) is 0.0660. The van der Waals surface area contributed by atoms with Gasteiger partial charge in [-0.2, -0.15) is 0 Å². The van der Waals surface area contributed by atoms with Crippen LogP contribution in [0.3, 0.4) is 0 Å². The fourth-order valence-corrected chi connectivity index (χ4v) is 3.67. The SMILES string of the molecule is O=C(CCCCC(=O)Oc1ccc([N+](=O)[O-])cc1)NCCCCCCO[C@@H]1O[C@H](CO)[C@H](O)[C@H](O)[C@H]1O. The minimum Gasteiger partial charge on any atom is -0.427 e. The Labute approximate surface area is 214 Å². The Morgan fingerprint density at radius 3 is 2.30 bits per heavy atom. The van der Waals surface area contributed by atoms with E-state index in [1.54, 1.807) is 0 Å². The number of nitro groups is 1. The maximum atomic E-state index is 11.9. The topological polar surface area (TPSA) is 198 Å². The Kier molecular flexibility index (Phi) is 13.4. The first-order chi connectivity index (χ1) is 17.7. The van der Waals surface area contributed by atoms with Gasteiger partial charge in [-0.1, -0.05) is 12.8 Å². The molecule has 1 aromatic carbocycles. The van der Waals surface area contributed by atoms with Crippen LogP contribution in [-0.2, 0) is 19.1 Å². The number of amides is 1. The largest absolute Gasteiger partial charge is 0.427 e. The van der Waals surface area contributed by atoms with E-state index in [1.807, 2.05) is 0 Å². The van der Waals surface area contributed by atoms with Crippen LogP contribution in [0.4, 0.5) is 5.69 Å². The molecule has 1 amide bonds. The van der Waals surface area contributed by atoms with E-state index in [9.17, 15) is 35.0 Å². The van der Waals surface area contributed by atoms with Gasteiger partial charge in [-0.3, -0.25) is 19.7 Å². The summed E-state index contributed by atoms with van der Waals surface area (Å²) in [6.45, 7) is 0.281. The zero-order valence-electron chi connectivity index (χ0n) is 20.6. The van der Waals surface area contributed by atoms with E-state index in [4.69, 9.17) is 19.3 Å². The maximum absolute atomic E-state index is 11.9. The summed E-state index contributed by atoms with van der Waals surface area (Å²) >= 11 is 0. The number of non-ortho nitro benzene ring substituents is 1. The van der Waals surface area contributed by atoms with Gasteiger partial charge < -0.3 is 40.0 Å². The predicted molar refractivity (Wildman–Crippen MR) is 128 cm³/mol. The summed E-state index contributed by atoms with van der Waals surface area (Å²) < 4.78 is 15.8. The molecule has 1 aliphatic rings. The molecule has 1 aliphatic heterocycles. The summed E-state index contributed by atoms with van der Waals surface area (Å²) in [5, 5.41) is 52.0. The average Bonchev–Trinajstić information content (AvgIpc) is 2.88. The number of carbonyl (C=O) groups excluding carboxylic acids is 2. The molecule has 0 bridgehead atoms. The lowest BCUT2D eigenvalue weighted by Gasteiger charge is -2.39. The molecule has 1 heterocycles. The molecule has 0 aliphatic carbocycles.